The lowest BCUT2D eigenvalue weighted by atomic mass is 10.1. The van der Waals surface area contributed by atoms with E-state index >= 15 is 0 Å². The predicted octanol–water partition coefficient (Wildman–Crippen LogP) is 5.05. The molecule has 0 saturated heterocycles. The van der Waals surface area contributed by atoms with Crippen molar-refractivity contribution >= 4 is 27.8 Å². The van der Waals surface area contributed by atoms with E-state index in [-0.39, 0.29) is 5.78 Å². The van der Waals surface area contributed by atoms with E-state index in [0.29, 0.717) is 12.2 Å². The highest BCUT2D eigenvalue weighted by Gasteiger charge is 2.04. The van der Waals surface area contributed by atoms with Crippen molar-refractivity contribution in [3.8, 4) is 5.75 Å². The Labute approximate surface area is 133 Å². The molecular weight excluding hydrogens is 328 g/mol. The largest absolute Gasteiger partial charge is 0.493 e. The average Bonchev–Trinajstić information content (AvgIpc) is 2.48. The topological polar surface area (TPSA) is 26.3 Å². The number of hydrogen-bond donors (Lipinski definition) is 0. The summed E-state index contributed by atoms with van der Waals surface area (Å²) in [4.78, 5) is 12.1. The zero-order valence-electron chi connectivity index (χ0n) is 12.1. The summed E-state index contributed by atoms with van der Waals surface area (Å²) >= 11 is 3.43. The first-order valence-electron chi connectivity index (χ1n) is 6.81. The zero-order valence-corrected chi connectivity index (χ0v) is 13.7. The monoisotopic (exact) mass is 344 g/mol. The van der Waals surface area contributed by atoms with Crippen LogP contribution in [-0.4, -0.2) is 12.4 Å². The standard InChI is InChI=1S/C18H17BrO2/c1-3-21-18-11-9-16(19)12-15(18)8-10-17(20)14-6-4-13(2)5-7-14/h4-12H,3H2,1-2H3/b10-8+. The Hall–Kier alpha value is -1.87. The van der Waals surface area contributed by atoms with Crippen LogP contribution in [0.2, 0.25) is 0 Å². The van der Waals surface area contributed by atoms with Crippen molar-refractivity contribution in [1.82, 2.24) is 0 Å². The molecule has 0 saturated carbocycles. The van der Waals surface area contributed by atoms with E-state index < -0.39 is 0 Å². The molecule has 0 radical (unpaired) electrons. The van der Waals surface area contributed by atoms with E-state index in [1.807, 2.05) is 56.3 Å². The molecule has 2 aromatic carbocycles. The summed E-state index contributed by atoms with van der Waals surface area (Å²) in [7, 11) is 0. The maximum Gasteiger partial charge on any atom is 0.185 e. The summed E-state index contributed by atoms with van der Waals surface area (Å²) in [5.74, 6) is 0.756. The highest BCUT2D eigenvalue weighted by molar-refractivity contribution is 9.10. The first-order chi connectivity index (χ1) is 10.1. The van der Waals surface area contributed by atoms with Crippen LogP contribution in [0.3, 0.4) is 0 Å². The van der Waals surface area contributed by atoms with Crippen molar-refractivity contribution in [2.45, 2.75) is 13.8 Å². The van der Waals surface area contributed by atoms with Crippen LogP contribution >= 0.6 is 15.9 Å². The van der Waals surface area contributed by atoms with Crippen molar-refractivity contribution in [3.05, 3.63) is 69.7 Å². The fraction of sp³-hybridized carbons (Fsp3) is 0.167. The second-order valence-electron chi connectivity index (χ2n) is 4.68. The quantitative estimate of drug-likeness (QED) is 0.560. The van der Waals surface area contributed by atoms with Gasteiger partial charge >= 0.3 is 0 Å². The molecule has 2 rings (SSSR count). The molecule has 21 heavy (non-hydrogen) atoms. The SMILES string of the molecule is CCOc1ccc(Br)cc1/C=C/C(=O)c1ccc(C)cc1. The molecule has 3 heteroatoms. The number of rotatable bonds is 5. The number of carbonyl (C=O) groups excluding carboxylic acids is 1. The van der Waals surface area contributed by atoms with Gasteiger partial charge in [0.15, 0.2) is 5.78 Å². The Balaban J connectivity index is 2.22. The van der Waals surface area contributed by atoms with Crippen molar-refractivity contribution in [2.24, 2.45) is 0 Å². The summed E-state index contributed by atoms with van der Waals surface area (Å²) < 4.78 is 6.51. The second kappa shape index (κ2) is 7.23. The molecule has 2 aromatic rings. The van der Waals surface area contributed by atoms with Gasteiger partial charge < -0.3 is 4.74 Å². The van der Waals surface area contributed by atoms with Gasteiger partial charge in [0.05, 0.1) is 6.61 Å². The number of aryl methyl sites for hydroxylation is 1. The van der Waals surface area contributed by atoms with Crippen LogP contribution in [-0.2, 0) is 0 Å². The minimum Gasteiger partial charge on any atom is -0.493 e. The summed E-state index contributed by atoms with van der Waals surface area (Å²) in [6, 6.07) is 13.3. The minimum atomic E-state index is -0.0163. The molecule has 0 aliphatic carbocycles. The second-order valence-corrected chi connectivity index (χ2v) is 5.59. The number of benzene rings is 2. The van der Waals surface area contributed by atoms with E-state index in [9.17, 15) is 4.79 Å². The minimum absolute atomic E-state index is 0.0163. The van der Waals surface area contributed by atoms with Gasteiger partial charge in [0, 0.05) is 15.6 Å². The molecule has 0 fully saturated rings. The lowest BCUT2D eigenvalue weighted by molar-refractivity contribution is 0.104. The highest BCUT2D eigenvalue weighted by atomic mass is 79.9. The van der Waals surface area contributed by atoms with Gasteiger partial charge in [-0.2, -0.15) is 0 Å². The molecular formula is C18H17BrO2. The summed E-state index contributed by atoms with van der Waals surface area (Å²) in [6.07, 6.45) is 3.37. The van der Waals surface area contributed by atoms with Crippen LogP contribution < -0.4 is 4.74 Å². The number of halogens is 1. The number of ketones is 1. The van der Waals surface area contributed by atoms with Crippen molar-refractivity contribution in [3.63, 3.8) is 0 Å². The Bertz CT molecular complexity index is 657. The normalized spacial score (nSPS) is 10.8. The Kier molecular flexibility index (Phi) is 5.34. The molecule has 0 N–H and O–H groups in total. The number of hydrogen-bond acceptors (Lipinski definition) is 2. The summed E-state index contributed by atoms with van der Waals surface area (Å²) in [5.41, 5.74) is 2.71. The molecule has 0 aromatic heterocycles. The maximum absolute atomic E-state index is 12.1. The van der Waals surface area contributed by atoms with Gasteiger partial charge in [-0.05, 0) is 44.2 Å². The summed E-state index contributed by atoms with van der Waals surface area (Å²) in [5, 5.41) is 0. The molecule has 0 unspecified atom stereocenters. The predicted molar refractivity (Wildman–Crippen MR) is 89.9 cm³/mol. The van der Waals surface area contributed by atoms with Crippen molar-refractivity contribution in [2.75, 3.05) is 6.61 Å². The third-order valence-corrected chi connectivity index (χ3v) is 3.52. The zero-order chi connectivity index (χ0) is 15.2. The first-order valence-corrected chi connectivity index (χ1v) is 7.61. The Morgan fingerprint density at radius 3 is 2.57 bits per heavy atom. The number of allylic oxidation sites excluding steroid dienone is 1. The fourth-order valence-electron chi connectivity index (χ4n) is 1.92. The molecule has 0 spiro atoms. The third kappa shape index (κ3) is 4.30. The molecule has 0 aliphatic rings. The fourth-order valence-corrected chi connectivity index (χ4v) is 2.29. The molecule has 2 nitrogen and oxygen atoms in total. The molecule has 108 valence electrons. The number of ether oxygens (including phenoxy) is 1. The van der Waals surface area contributed by atoms with Gasteiger partial charge in [-0.25, -0.2) is 0 Å². The van der Waals surface area contributed by atoms with Crippen LogP contribution in [0, 0.1) is 6.92 Å². The first kappa shape index (κ1) is 15.5. The van der Waals surface area contributed by atoms with Crippen molar-refractivity contribution < 1.29 is 9.53 Å². The van der Waals surface area contributed by atoms with Gasteiger partial charge in [-0.15, -0.1) is 0 Å². The molecule has 0 aliphatic heterocycles. The van der Waals surface area contributed by atoms with Crippen LogP contribution in [0.1, 0.15) is 28.4 Å². The third-order valence-electron chi connectivity index (χ3n) is 3.02. The van der Waals surface area contributed by atoms with E-state index in [2.05, 4.69) is 15.9 Å². The van der Waals surface area contributed by atoms with Crippen LogP contribution in [0.15, 0.2) is 53.0 Å². The Morgan fingerprint density at radius 2 is 1.90 bits per heavy atom. The van der Waals surface area contributed by atoms with Gasteiger partial charge in [-0.1, -0.05) is 45.8 Å². The molecule has 0 heterocycles. The van der Waals surface area contributed by atoms with E-state index in [1.165, 1.54) is 0 Å². The van der Waals surface area contributed by atoms with Gasteiger partial charge in [0.1, 0.15) is 5.75 Å². The summed E-state index contributed by atoms with van der Waals surface area (Å²) in [6.45, 7) is 4.53. The van der Waals surface area contributed by atoms with Crippen molar-refractivity contribution in [1.29, 1.82) is 0 Å². The molecule has 0 bridgehead atoms. The Morgan fingerprint density at radius 1 is 1.19 bits per heavy atom. The lowest BCUT2D eigenvalue weighted by Crippen LogP contribution is -1.96. The molecule has 0 atom stereocenters. The van der Waals surface area contributed by atoms with E-state index in [4.69, 9.17) is 4.74 Å². The van der Waals surface area contributed by atoms with Crippen LogP contribution in [0.25, 0.3) is 6.08 Å². The van der Waals surface area contributed by atoms with Crippen LogP contribution in [0.5, 0.6) is 5.75 Å². The highest BCUT2D eigenvalue weighted by Crippen LogP contribution is 2.24. The number of carbonyl (C=O) groups is 1. The van der Waals surface area contributed by atoms with Crippen LogP contribution in [0.4, 0.5) is 0 Å². The van der Waals surface area contributed by atoms with E-state index in [0.717, 1.165) is 21.3 Å². The van der Waals surface area contributed by atoms with Gasteiger partial charge in [-0.3, -0.25) is 4.79 Å². The van der Waals surface area contributed by atoms with Gasteiger partial charge in [0.2, 0.25) is 0 Å². The van der Waals surface area contributed by atoms with E-state index in [1.54, 1.807) is 12.2 Å². The molecule has 0 amide bonds. The smallest absolute Gasteiger partial charge is 0.185 e. The maximum atomic E-state index is 12.1. The lowest BCUT2D eigenvalue weighted by Gasteiger charge is -2.07. The average molecular weight is 345 g/mol. The van der Waals surface area contributed by atoms with Gasteiger partial charge in [0.25, 0.3) is 0 Å².